The Hall–Kier alpha value is -3.00. The smallest absolute Gasteiger partial charge is 0.340 e. The van der Waals surface area contributed by atoms with Gasteiger partial charge in [0.1, 0.15) is 35.2 Å². The van der Waals surface area contributed by atoms with Gasteiger partial charge >= 0.3 is 5.97 Å². The van der Waals surface area contributed by atoms with Crippen LogP contribution in [0.2, 0.25) is 0 Å². The van der Waals surface area contributed by atoms with E-state index >= 15 is 0 Å². The van der Waals surface area contributed by atoms with Crippen molar-refractivity contribution in [2.45, 2.75) is 38.7 Å². The summed E-state index contributed by atoms with van der Waals surface area (Å²) in [4.78, 5) is 25.4. The number of ether oxygens (including phenoxy) is 3. The van der Waals surface area contributed by atoms with E-state index in [-0.39, 0.29) is 30.5 Å². The fraction of sp³-hybridized carbons (Fsp3) is 0.304. The van der Waals surface area contributed by atoms with Crippen molar-refractivity contribution in [2.75, 3.05) is 6.61 Å². The van der Waals surface area contributed by atoms with Crippen molar-refractivity contribution in [3.05, 3.63) is 75.2 Å². The van der Waals surface area contributed by atoms with Gasteiger partial charge in [-0.25, -0.2) is 4.79 Å². The highest BCUT2D eigenvalue weighted by Gasteiger charge is 2.42. The van der Waals surface area contributed by atoms with Gasteiger partial charge in [-0.3, -0.25) is 4.79 Å². The molecule has 0 radical (unpaired) electrons. The second-order valence-corrected chi connectivity index (χ2v) is 8.11. The number of furan rings is 1. The molecule has 7 nitrogen and oxygen atoms in total. The summed E-state index contributed by atoms with van der Waals surface area (Å²) in [6, 6.07) is 11.0. The Morgan fingerprint density at radius 1 is 1.26 bits per heavy atom. The number of carbonyl (C=O) groups is 2. The van der Waals surface area contributed by atoms with Gasteiger partial charge in [0.25, 0.3) is 0 Å². The number of hydrogen-bond donors (Lipinski definition) is 1. The molecule has 31 heavy (non-hydrogen) atoms. The average Bonchev–Trinajstić information content (AvgIpc) is 3.20. The molecule has 0 spiro atoms. The van der Waals surface area contributed by atoms with E-state index in [1.807, 2.05) is 24.3 Å². The SMILES string of the molecule is CCOC(=O)C1=C(N)OC2=C(C(=O)CCC2)[C@H]1c1ccc(COc2cccc(Br)c2)o1. The van der Waals surface area contributed by atoms with Gasteiger partial charge in [-0.05, 0) is 43.7 Å². The molecule has 8 heteroatoms. The highest BCUT2D eigenvalue weighted by Crippen LogP contribution is 2.44. The molecule has 162 valence electrons. The molecule has 0 amide bonds. The van der Waals surface area contributed by atoms with Gasteiger partial charge in [0.15, 0.2) is 5.78 Å². The minimum atomic E-state index is -0.768. The van der Waals surface area contributed by atoms with E-state index in [1.54, 1.807) is 19.1 Å². The van der Waals surface area contributed by atoms with Crippen LogP contribution < -0.4 is 10.5 Å². The Bertz CT molecular complexity index is 1080. The van der Waals surface area contributed by atoms with E-state index < -0.39 is 11.9 Å². The normalized spacial score (nSPS) is 18.5. The van der Waals surface area contributed by atoms with Gasteiger partial charge in [0.05, 0.1) is 12.5 Å². The van der Waals surface area contributed by atoms with E-state index in [0.717, 1.165) is 4.47 Å². The number of benzene rings is 1. The summed E-state index contributed by atoms with van der Waals surface area (Å²) in [5.41, 5.74) is 6.59. The standard InChI is InChI=1S/C23H22BrNO6/c1-2-28-23(27)21-20(19-16(26)7-4-8-17(19)31-22(21)25)18-10-9-15(30-18)12-29-14-6-3-5-13(24)11-14/h3,5-6,9-11,20H,2,4,7-8,12,25H2,1H3/t20-/m1/s1. The van der Waals surface area contributed by atoms with Crippen LogP contribution in [0.4, 0.5) is 0 Å². The van der Waals surface area contributed by atoms with Crippen LogP contribution in [0.25, 0.3) is 0 Å². The Morgan fingerprint density at radius 3 is 2.87 bits per heavy atom. The topological polar surface area (TPSA) is 101 Å². The molecule has 2 aliphatic rings. The summed E-state index contributed by atoms with van der Waals surface area (Å²) in [5.74, 6) is 0.619. The largest absolute Gasteiger partial charge is 0.486 e. The maximum absolute atomic E-state index is 12.8. The van der Waals surface area contributed by atoms with Crippen molar-refractivity contribution in [3.63, 3.8) is 0 Å². The van der Waals surface area contributed by atoms with Crippen molar-refractivity contribution < 1.29 is 28.2 Å². The first-order valence-corrected chi connectivity index (χ1v) is 10.8. The summed E-state index contributed by atoms with van der Waals surface area (Å²) < 4.78 is 23.5. The van der Waals surface area contributed by atoms with Crippen molar-refractivity contribution in [1.29, 1.82) is 0 Å². The van der Waals surface area contributed by atoms with Crippen LogP contribution in [-0.4, -0.2) is 18.4 Å². The van der Waals surface area contributed by atoms with Crippen LogP contribution in [-0.2, 0) is 25.7 Å². The summed E-state index contributed by atoms with van der Waals surface area (Å²) >= 11 is 3.41. The number of halogens is 1. The van der Waals surface area contributed by atoms with E-state index in [1.165, 1.54) is 0 Å². The monoisotopic (exact) mass is 487 g/mol. The molecule has 1 aliphatic heterocycles. The number of ketones is 1. The first-order chi connectivity index (χ1) is 15.0. The van der Waals surface area contributed by atoms with Gasteiger partial charge in [-0.1, -0.05) is 22.0 Å². The maximum Gasteiger partial charge on any atom is 0.340 e. The lowest BCUT2D eigenvalue weighted by atomic mass is 9.79. The number of allylic oxidation sites excluding steroid dienone is 2. The number of nitrogens with two attached hydrogens (primary N) is 1. The minimum Gasteiger partial charge on any atom is -0.486 e. The second-order valence-electron chi connectivity index (χ2n) is 7.20. The molecule has 1 aliphatic carbocycles. The number of carbonyl (C=O) groups excluding carboxylic acids is 2. The third-order valence-electron chi connectivity index (χ3n) is 5.12. The van der Waals surface area contributed by atoms with E-state index in [2.05, 4.69) is 15.9 Å². The van der Waals surface area contributed by atoms with E-state index in [4.69, 9.17) is 24.4 Å². The molecule has 0 saturated heterocycles. The zero-order valence-electron chi connectivity index (χ0n) is 17.0. The number of hydrogen-bond acceptors (Lipinski definition) is 7. The zero-order chi connectivity index (χ0) is 22.0. The molecule has 1 aromatic carbocycles. The van der Waals surface area contributed by atoms with Crippen molar-refractivity contribution in [1.82, 2.24) is 0 Å². The van der Waals surface area contributed by atoms with Crippen LogP contribution in [0.1, 0.15) is 43.6 Å². The number of esters is 1. The van der Waals surface area contributed by atoms with Crippen molar-refractivity contribution in [2.24, 2.45) is 5.73 Å². The fourth-order valence-corrected chi connectivity index (χ4v) is 4.17. The molecule has 2 N–H and O–H groups in total. The van der Waals surface area contributed by atoms with Crippen molar-refractivity contribution >= 4 is 27.7 Å². The summed E-state index contributed by atoms with van der Waals surface area (Å²) in [6.07, 6.45) is 1.64. The lowest BCUT2D eigenvalue weighted by Gasteiger charge is -2.31. The second kappa shape index (κ2) is 9.01. The summed E-state index contributed by atoms with van der Waals surface area (Å²) in [7, 11) is 0. The molecular formula is C23H22BrNO6. The molecule has 0 unspecified atom stereocenters. The Labute approximate surface area is 188 Å². The van der Waals surface area contributed by atoms with Crippen LogP contribution >= 0.6 is 15.9 Å². The number of Topliss-reactive ketones (excluding diaryl/α,β-unsaturated/α-hetero) is 1. The average molecular weight is 488 g/mol. The van der Waals surface area contributed by atoms with Gasteiger partial charge < -0.3 is 24.4 Å². The van der Waals surface area contributed by atoms with Crippen LogP contribution in [0, 0.1) is 0 Å². The van der Waals surface area contributed by atoms with Crippen molar-refractivity contribution in [3.8, 4) is 5.75 Å². The maximum atomic E-state index is 12.8. The molecule has 1 aromatic heterocycles. The lowest BCUT2D eigenvalue weighted by Crippen LogP contribution is -2.31. The van der Waals surface area contributed by atoms with Crippen LogP contribution in [0.3, 0.4) is 0 Å². The lowest BCUT2D eigenvalue weighted by molar-refractivity contribution is -0.139. The summed E-state index contributed by atoms with van der Waals surface area (Å²) in [5, 5.41) is 0. The third kappa shape index (κ3) is 4.39. The van der Waals surface area contributed by atoms with Crippen LogP contribution in [0.15, 0.2) is 68.1 Å². The quantitative estimate of drug-likeness (QED) is 0.599. The van der Waals surface area contributed by atoms with Crippen LogP contribution in [0.5, 0.6) is 5.75 Å². The van der Waals surface area contributed by atoms with Gasteiger partial charge in [-0.2, -0.15) is 0 Å². The Morgan fingerprint density at radius 2 is 2.10 bits per heavy atom. The first-order valence-electron chi connectivity index (χ1n) is 10.1. The minimum absolute atomic E-state index is 0.0553. The molecule has 2 heterocycles. The predicted octanol–water partition coefficient (Wildman–Crippen LogP) is 4.48. The highest BCUT2D eigenvalue weighted by molar-refractivity contribution is 9.10. The molecule has 0 fully saturated rings. The van der Waals surface area contributed by atoms with E-state index in [0.29, 0.717) is 47.9 Å². The first kappa shape index (κ1) is 21.2. The molecule has 0 saturated carbocycles. The molecule has 4 rings (SSSR count). The van der Waals surface area contributed by atoms with Gasteiger partial charge in [-0.15, -0.1) is 0 Å². The highest BCUT2D eigenvalue weighted by atomic mass is 79.9. The van der Waals surface area contributed by atoms with Gasteiger partial charge in [0, 0.05) is 22.9 Å². The molecular weight excluding hydrogens is 466 g/mol. The zero-order valence-corrected chi connectivity index (χ0v) is 18.6. The summed E-state index contributed by atoms with van der Waals surface area (Å²) in [6.45, 7) is 2.06. The predicted molar refractivity (Wildman–Crippen MR) is 115 cm³/mol. The molecule has 1 atom stereocenters. The molecule has 2 aromatic rings. The van der Waals surface area contributed by atoms with E-state index in [9.17, 15) is 9.59 Å². The Balaban J connectivity index is 1.65. The Kier molecular flexibility index (Phi) is 6.18. The number of rotatable bonds is 6. The molecule has 0 bridgehead atoms. The fourth-order valence-electron chi connectivity index (χ4n) is 3.79. The van der Waals surface area contributed by atoms with Gasteiger partial charge in [0.2, 0.25) is 5.88 Å². The third-order valence-corrected chi connectivity index (χ3v) is 5.62.